The van der Waals surface area contributed by atoms with Gasteiger partial charge in [-0.25, -0.2) is 14.4 Å². The monoisotopic (exact) mass is 288 g/mol. The average molecular weight is 288 g/mol. The van der Waals surface area contributed by atoms with Gasteiger partial charge in [-0.2, -0.15) is 0 Å². The second-order valence-electron chi connectivity index (χ2n) is 4.87. The van der Waals surface area contributed by atoms with Crippen LogP contribution < -0.4 is 15.0 Å². The fourth-order valence-electron chi connectivity index (χ4n) is 2.16. The van der Waals surface area contributed by atoms with E-state index in [1.54, 1.807) is 24.5 Å². The first-order chi connectivity index (χ1) is 10.3. The number of piperazine rings is 1. The van der Waals surface area contributed by atoms with Gasteiger partial charge in [-0.15, -0.1) is 0 Å². The van der Waals surface area contributed by atoms with Crippen LogP contribution in [0.3, 0.4) is 0 Å². The maximum atomic E-state index is 12.8. The molecule has 2 heterocycles. The topological polar surface area (TPSA) is 50.3 Å². The van der Waals surface area contributed by atoms with E-state index in [-0.39, 0.29) is 5.82 Å². The van der Waals surface area contributed by atoms with Gasteiger partial charge in [-0.1, -0.05) is 12.1 Å². The summed E-state index contributed by atoms with van der Waals surface area (Å²) in [7, 11) is 0. The fourth-order valence-corrected chi connectivity index (χ4v) is 2.16. The van der Waals surface area contributed by atoms with Crippen molar-refractivity contribution in [1.29, 1.82) is 0 Å². The lowest BCUT2D eigenvalue weighted by Crippen LogP contribution is -2.44. The minimum atomic E-state index is -0.248. The molecular formula is C15H17FN4O. The molecule has 110 valence electrons. The Kier molecular flexibility index (Phi) is 4.25. The highest BCUT2D eigenvalue weighted by atomic mass is 19.1. The summed E-state index contributed by atoms with van der Waals surface area (Å²) in [5.74, 6) is 1.09. The normalized spacial score (nSPS) is 15.0. The molecule has 0 amide bonds. The van der Waals surface area contributed by atoms with E-state index in [2.05, 4.69) is 20.2 Å². The molecule has 5 nitrogen and oxygen atoms in total. The molecule has 3 rings (SSSR count). The number of nitrogens with one attached hydrogen (secondary N) is 1. The minimum absolute atomic E-state index is 0.248. The van der Waals surface area contributed by atoms with E-state index in [0.29, 0.717) is 12.4 Å². The van der Waals surface area contributed by atoms with Crippen molar-refractivity contribution in [3.8, 4) is 5.75 Å². The predicted octanol–water partition coefficient (Wildman–Crippen LogP) is 1.60. The quantitative estimate of drug-likeness (QED) is 0.926. The van der Waals surface area contributed by atoms with Gasteiger partial charge in [0.2, 0.25) is 5.95 Å². The van der Waals surface area contributed by atoms with Crippen molar-refractivity contribution < 1.29 is 9.13 Å². The lowest BCUT2D eigenvalue weighted by molar-refractivity contribution is 0.303. The summed E-state index contributed by atoms with van der Waals surface area (Å²) in [5, 5.41) is 3.29. The summed E-state index contributed by atoms with van der Waals surface area (Å²) in [6, 6.07) is 6.24. The van der Waals surface area contributed by atoms with Crippen molar-refractivity contribution in [3.05, 3.63) is 48.0 Å². The van der Waals surface area contributed by atoms with Crippen LogP contribution in [0.1, 0.15) is 5.56 Å². The summed E-state index contributed by atoms with van der Waals surface area (Å²) < 4.78 is 18.4. The highest BCUT2D eigenvalue weighted by molar-refractivity contribution is 5.32. The Labute approximate surface area is 122 Å². The van der Waals surface area contributed by atoms with E-state index in [1.807, 2.05) is 0 Å². The first kappa shape index (κ1) is 13.8. The SMILES string of the molecule is Fc1ccc(COc2cnc(N3CCNCC3)nc2)cc1. The number of anilines is 1. The third-order valence-electron chi connectivity index (χ3n) is 3.33. The third kappa shape index (κ3) is 3.66. The number of halogens is 1. The molecule has 0 saturated carbocycles. The molecule has 1 saturated heterocycles. The zero-order valence-corrected chi connectivity index (χ0v) is 11.6. The van der Waals surface area contributed by atoms with Crippen molar-refractivity contribution in [2.45, 2.75) is 6.61 Å². The van der Waals surface area contributed by atoms with Crippen molar-refractivity contribution in [1.82, 2.24) is 15.3 Å². The third-order valence-corrected chi connectivity index (χ3v) is 3.33. The summed E-state index contributed by atoms with van der Waals surface area (Å²) in [6.45, 7) is 4.10. The lowest BCUT2D eigenvalue weighted by atomic mass is 10.2. The standard InChI is InChI=1S/C15H17FN4O/c16-13-3-1-12(2-4-13)11-21-14-9-18-15(19-10-14)20-7-5-17-6-8-20/h1-4,9-10,17H,5-8,11H2. The van der Waals surface area contributed by atoms with Crippen molar-refractivity contribution in [2.75, 3.05) is 31.1 Å². The van der Waals surface area contributed by atoms with Crippen LogP contribution in [0, 0.1) is 5.82 Å². The van der Waals surface area contributed by atoms with Gasteiger partial charge in [-0.3, -0.25) is 0 Å². The molecule has 21 heavy (non-hydrogen) atoms. The lowest BCUT2D eigenvalue weighted by Gasteiger charge is -2.27. The van der Waals surface area contributed by atoms with Crippen LogP contribution >= 0.6 is 0 Å². The van der Waals surface area contributed by atoms with Gasteiger partial charge in [-0.05, 0) is 17.7 Å². The first-order valence-electron chi connectivity index (χ1n) is 6.96. The van der Waals surface area contributed by atoms with Gasteiger partial charge in [0.25, 0.3) is 0 Å². The number of nitrogens with zero attached hydrogens (tertiary/aromatic N) is 3. The van der Waals surface area contributed by atoms with Crippen LogP contribution in [0.4, 0.5) is 10.3 Å². The maximum absolute atomic E-state index is 12.8. The van der Waals surface area contributed by atoms with Crippen LogP contribution in [0.15, 0.2) is 36.7 Å². The molecule has 0 spiro atoms. The molecule has 0 bridgehead atoms. The first-order valence-corrected chi connectivity index (χ1v) is 6.96. The highest BCUT2D eigenvalue weighted by Gasteiger charge is 2.12. The predicted molar refractivity (Wildman–Crippen MR) is 77.8 cm³/mol. The van der Waals surface area contributed by atoms with Crippen molar-refractivity contribution >= 4 is 5.95 Å². The van der Waals surface area contributed by atoms with E-state index in [1.165, 1.54) is 12.1 Å². The molecule has 6 heteroatoms. The molecule has 0 radical (unpaired) electrons. The molecule has 1 aromatic carbocycles. The van der Waals surface area contributed by atoms with Crippen LogP contribution in [0.25, 0.3) is 0 Å². The van der Waals surface area contributed by atoms with E-state index in [9.17, 15) is 4.39 Å². The minimum Gasteiger partial charge on any atom is -0.486 e. The van der Waals surface area contributed by atoms with Crippen LogP contribution in [0.5, 0.6) is 5.75 Å². The molecule has 0 atom stereocenters. The van der Waals surface area contributed by atoms with E-state index < -0.39 is 0 Å². The van der Waals surface area contributed by atoms with Gasteiger partial charge in [0.1, 0.15) is 12.4 Å². The Morgan fingerprint density at radius 1 is 1.10 bits per heavy atom. The Bertz CT molecular complexity index is 567. The van der Waals surface area contributed by atoms with Crippen LogP contribution in [-0.2, 0) is 6.61 Å². The Morgan fingerprint density at radius 3 is 2.43 bits per heavy atom. The van der Waals surface area contributed by atoms with E-state index in [4.69, 9.17) is 4.74 Å². The molecule has 0 unspecified atom stereocenters. The number of benzene rings is 1. The smallest absolute Gasteiger partial charge is 0.225 e. The Balaban J connectivity index is 1.57. The van der Waals surface area contributed by atoms with Gasteiger partial charge in [0.05, 0.1) is 12.4 Å². The second kappa shape index (κ2) is 6.49. The van der Waals surface area contributed by atoms with Crippen LogP contribution in [0.2, 0.25) is 0 Å². The van der Waals surface area contributed by atoms with Gasteiger partial charge in [0, 0.05) is 26.2 Å². The van der Waals surface area contributed by atoms with E-state index >= 15 is 0 Å². The molecule has 1 aliphatic heterocycles. The highest BCUT2D eigenvalue weighted by Crippen LogP contribution is 2.14. The molecule has 1 aromatic heterocycles. The second-order valence-corrected chi connectivity index (χ2v) is 4.87. The van der Waals surface area contributed by atoms with Gasteiger partial charge in [0.15, 0.2) is 5.75 Å². The average Bonchev–Trinajstić information content (AvgIpc) is 2.56. The maximum Gasteiger partial charge on any atom is 0.225 e. The molecule has 1 aliphatic rings. The number of rotatable bonds is 4. The summed E-state index contributed by atoms with van der Waals surface area (Å²) in [4.78, 5) is 10.8. The number of hydrogen-bond acceptors (Lipinski definition) is 5. The molecule has 1 fully saturated rings. The zero-order chi connectivity index (χ0) is 14.5. The number of ether oxygens (including phenoxy) is 1. The summed E-state index contributed by atoms with van der Waals surface area (Å²) >= 11 is 0. The Hall–Kier alpha value is -2.21. The molecule has 0 aliphatic carbocycles. The van der Waals surface area contributed by atoms with Crippen molar-refractivity contribution in [2.24, 2.45) is 0 Å². The van der Waals surface area contributed by atoms with Crippen LogP contribution in [-0.4, -0.2) is 36.1 Å². The largest absolute Gasteiger partial charge is 0.486 e. The number of hydrogen-bond donors (Lipinski definition) is 1. The summed E-state index contributed by atoms with van der Waals surface area (Å²) in [5.41, 5.74) is 0.905. The summed E-state index contributed by atoms with van der Waals surface area (Å²) in [6.07, 6.45) is 3.35. The molecular weight excluding hydrogens is 271 g/mol. The van der Waals surface area contributed by atoms with E-state index in [0.717, 1.165) is 37.7 Å². The van der Waals surface area contributed by atoms with Gasteiger partial charge < -0.3 is 15.0 Å². The fraction of sp³-hybridized carbons (Fsp3) is 0.333. The number of aromatic nitrogens is 2. The molecule has 1 N–H and O–H groups in total. The molecule has 2 aromatic rings. The Morgan fingerprint density at radius 2 is 1.76 bits per heavy atom. The van der Waals surface area contributed by atoms with Gasteiger partial charge >= 0.3 is 0 Å². The zero-order valence-electron chi connectivity index (χ0n) is 11.6. The van der Waals surface area contributed by atoms with Crippen molar-refractivity contribution in [3.63, 3.8) is 0 Å².